The van der Waals surface area contributed by atoms with E-state index in [-0.39, 0.29) is 6.04 Å². The Bertz CT molecular complexity index is 443. The number of benzene rings is 1. The molecule has 0 radical (unpaired) electrons. The Morgan fingerprint density at radius 3 is 2.40 bits per heavy atom. The molecule has 0 aliphatic heterocycles. The lowest BCUT2D eigenvalue weighted by Gasteiger charge is -1.99. The number of rotatable bonds is 2. The molecule has 0 amide bonds. The van der Waals surface area contributed by atoms with Gasteiger partial charge in [0.15, 0.2) is 0 Å². The maximum atomic E-state index is 5.60. The lowest BCUT2D eigenvalue weighted by atomic mass is 10.2. The monoisotopic (exact) mass is 203 g/mol. The van der Waals surface area contributed by atoms with Crippen LogP contribution in [0.1, 0.15) is 19.9 Å². The molecule has 0 saturated carbocycles. The maximum Gasteiger partial charge on any atom is 0.204 e. The van der Waals surface area contributed by atoms with E-state index in [2.05, 4.69) is 15.4 Å². The fourth-order valence-corrected chi connectivity index (χ4v) is 1.19. The number of nitrogens with two attached hydrogens (primary N) is 1. The van der Waals surface area contributed by atoms with Gasteiger partial charge in [-0.1, -0.05) is 0 Å². The second kappa shape index (κ2) is 3.68. The van der Waals surface area contributed by atoms with Crippen LogP contribution in [0, 0.1) is 0 Å². The number of tetrazole rings is 1. The fourth-order valence-electron chi connectivity index (χ4n) is 1.19. The van der Waals surface area contributed by atoms with Crippen LogP contribution in [0.2, 0.25) is 0 Å². The van der Waals surface area contributed by atoms with Crippen molar-refractivity contribution in [2.45, 2.75) is 19.9 Å². The zero-order chi connectivity index (χ0) is 10.8. The maximum absolute atomic E-state index is 5.60. The van der Waals surface area contributed by atoms with E-state index in [0.717, 1.165) is 11.3 Å². The normalized spacial score (nSPS) is 10.9. The van der Waals surface area contributed by atoms with Crippen molar-refractivity contribution in [3.05, 3.63) is 24.3 Å². The molecule has 2 N–H and O–H groups in total. The molecule has 15 heavy (non-hydrogen) atoms. The summed E-state index contributed by atoms with van der Waals surface area (Å²) in [6, 6.07) is 7.64. The van der Waals surface area contributed by atoms with Gasteiger partial charge in [-0.2, -0.15) is 4.80 Å². The molecule has 1 aromatic carbocycles. The lowest BCUT2D eigenvalue weighted by Crippen LogP contribution is -2.04. The smallest absolute Gasteiger partial charge is 0.204 e. The first-order chi connectivity index (χ1) is 7.16. The van der Waals surface area contributed by atoms with Crippen molar-refractivity contribution in [2.24, 2.45) is 0 Å². The Morgan fingerprint density at radius 1 is 1.20 bits per heavy atom. The van der Waals surface area contributed by atoms with Gasteiger partial charge in [0.1, 0.15) is 0 Å². The van der Waals surface area contributed by atoms with Crippen LogP contribution < -0.4 is 5.73 Å². The molecule has 0 bridgehead atoms. The van der Waals surface area contributed by atoms with Gasteiger partial charge in [-0.3, -0.25) is 0 Å². The molecule has 0 fully saturated rings. The molecule has 0 spiro atoms. The van der Waals surface area contributed by atoms with Crippen LogP contribution in [0.15, 0.2) is 24.3 Å². The third kappa shape index (κ3) is 1.96. The summed E-state index contributed by atoms with van der Waals surface area (Å²) in [4.78, 5) is 1.59. The molecular weight excluding hydrogens is 190 g/mol. The second-order valence-corrected chi connectivity index (χ2v) is 3.65. The minimum atomic E-state index is 0.222. The highest BCUT2D eigenvalue weighted by molar-refractivity contribution is 5.57. The molecule has 2 aromatic rings. The molecule has 0 saturated heterocycles. The number of anilines is 1. The lowest BCUT2D eigenvalue weighted by molar-refractivity contribution is 0.455. The Labute approximate surface area is 87.9 Å². The number of hydrogen-bond donors (Lipinski definition) is 1. The molecule has 1 aromatic heterocycles. The van der Waals surface area contributed by atoms with E-state index < -0.39 is 0 Å². The summed E-state index contributed by atoms with van der Waals surface area (Å²) >= 11 is 0. The quantitative estimate of drug-likeness (QED) is 0.751. The van der Waals surface area contributed by atoms with E-state index in [4.69, 9.17) is 5.73 Å². The van der Waals surface area contributed by atoms with Crippen LogP contribution in [0.25, 0.3) is 11.4 Å². The molecule has 0 atom stereocenters. The van der Waals surface area contributed by atoms with Crippen LogP contribution in [0.4, 0.5) is 5.69 Å². The second-order valence-electron chi connectivity index (χ2n) is 3.65. The van der Waals surface area contributed by atoms with Crippen LogP contribution in [-0.4, -0.2) is 20.2 Å². The third-order valence-corrected chi connectivity index (χ3v) is 2.06. The van der Waals surface area contributed by atoms with Crippen molar-refractivity contribution < 1.29 is 0 Å². The first-order valence-electron chi connectivity index (χ1n) is 4.82. The van der Waals surface area contributed by atoms with Gasteiger partial charge in [0, 0.05) is 11.3 Å². The number of nitrogens with zero attached hydrogens (tertiary/aromatic N) is 4. The molecule has 5 nitrogen and oxygen atoms in total. The van der Waals surface area contributed by atoms with E-state index in [1.54, 1.807) is 4.80 Å². The molecule has 78 valence electrons. The average molecular weight is 203 g/mol. The standard InChI is InChI=1S/C10H13N5/c1-7(2)15-13-10(12-14-15)8-3-5-9(11)6-4-8/h3-7H,11H2,1-2H3. The first-order valence-corrected chi connectivity index (χ1v) is 4.82. The van der Waals surface area contributed by atoms with Crippen LogP contribution in [-0.2, 0) is 0 Å². The molecule has 2 rings (SSSR count). The Hall–Kier alpha value is -1.91. The van der Waals surface area contributed by atoms with E-state index in [0.29, 0.717) is 5.82 Å². The molecule has 0 unspecified atom stereocenters. The van der Waals surface area contributed by atoms with Crippen molar-refractivity contribution >= 4 is 5.69 Å². The third-order valence-electron chi connectivity index (χ3n) is 2.06. The van der Waals surface area contributed by atoms with Gasteiger partial charge in [0.2, 0.25) is 5.82 Å². The van der Waals surface area contributed by atoms with Crippen molar-refractivity contribution in [1.82, 2.24) is 20.2 Å². The number of hydrogen-bond acceptors (Lipinski definition) is 4. The van der Waals surface area contributed by atoms with E-state index in [9.17, 15) is 0 Å². The van der Waals surface area contributed by atoms with Gasteiger partial charge in [0.05, 0.1) is 6.04 Å². The van der Waals surface area contributed by atoms with Gasteiger partial charge in [-0.15, -0.1) is 10.2 Å². The highest BCUT2D eigenvalue weighted by atomic mass is 15.6. The predicted molar refractivity (Wildman–Crippen MR) is 58.1 cm³/mol. The topological polar surface area (TPSA) is 69.6 Å². The number of aromatic nitrogens is 4. The van der Waals surface area contributed by atoms with Gasteiger partial charge >= 0.3 is 0 Å². The van der Waals surface area contributed by atoms with E-state index >= 15 is 0 Å². The van der Waals surface area contributed by atoms with Crippen molar-refractivity contribution in [3.63, 3.8) is 0 Å². The first kappa shape index (κ1) is 9.64. The summed E-state index contributed by atoms with van der Waals surface area (Å²) in [6.45, 7) is 4.02. The minimum absolute atomic E-state index is 0.222. The van der Waals surface area contributed by atoms with E-state index in [1.165, 1.54) is 0 Å². The zero-order valence-corrected chi connectivity index (χ0v) is 8.75. The van der Waals surface area contributed by atoms with Gasteiger partial charge in [-0.05, 0) is 43.3 Å². The minimum Gasteiger partial charge on any atom is -0.399 e. The summed E-state index contributed by atoms with van der Waals surface area (Å²) in [5.74, 6) is 0.628. The van der Waals surface area contributed by atoms with Gasteiger partial charge < -0.3 is 5.73 Å². The summed E-state index contributed by atoms with van der Waals surface area (Å²) in [5.41, 5.74) is 7.25. The van der Waals surface area contributed by atoms with Crippen molar-refractivity contribution in [2.75, 3.05) is 5.73 Å². The summed E-state index contributed by atoms with van der Waals surface area (Å²) in [5, 5.41) is 12.2. The van der Waals surface area contributed by atoms with Gasteiger partial charge in [-0.25, -0.2) is 0 Å². The fraction of sp³-hybridized carbons (Fsp3) is 0.300. The molecular formula is C10H13N5. The summed E-state index contributed by atoms with van der Waals surface area (Å²) < 4.78 is 0. The average Bonchev–Trinajstić information content (AvgIpc) is 2.68. The summed E-state index contributed by atoms with van der Waals surface area (Å²) in [6.07, 6.45) is 0. The van der Waals surface area contributed by atoms with Crippen molar-refractivity contribution in [3.8, 4) is 11.4 Å². The Kier molecular flexibility index (Phi) is 2.37. The molecule has 0 aliphatic rings. The largest absolute Gasteiger partial charge is 0.399 e. The van der Waals surface area contributed by atoms with Gasteiger partial charge in [0.25, 0.3) is 0 Å². The predicted octanol–water partition coefficient (Wildman–Crippen LogP) is 1.50. The zero-order valence-electron chi connectivity index (χ0n) is 8.75. The van der Waals surface area contributed by atoms with E-state index in [1.807, 2.05) is 38.1 Å². The summed E-state index contributed by atoms with van der Waals surface area (Å²) in [7, 11) is 0. The van der Waals surface area contributed by atoms with Crippen LogP contribution >= 0.6 is 0 Å². The molecule has 1 heterocycles. The van der Waals surface area contributed by atoms with Crippen LogP contribution in [0.3, 0.4) is 0 Å². The highest BCUT2D eigenvalue weighted by Gasteiger charge is 2.06. The van der Waals surface area contributed by atoms with Crippen molar-refractivity contribution in [1.29, 1.82) is 0 Å². The molecule has 5 heteroatoms. The SMILES string of the molecule is CC(C)n1nnc(-c2ccc(N)cc2)n1. The Balaban J connectivity index is 2.33. The number of nitrogen functional groups attached to an aromatic ring is 1. The Morgan fingerprint density at radius 2 is 1.87 bits per heavy atom. The highest BCUT2D eigenvalue weighted by Crippen LogP contribution is 2.15. The molecule has 0 aliphatic carbocycles. The van der Waals surface area contributed by atoms with Crippen LogP contribution in [0.5, 0.6) is 0 Å².